The van der Waals surface area contributed by atoms with Crippen molar-refractivity contribution in [3.8, 4) is 0 Å². The molecular formula is C14H19BrN2O2. The molecule has 1 aromatic rings. The van der Waals surface area contributed by atoms with E-state index >= 15 is 0 Å². The number of ketones is 1. The Kier molecular flexibility index (Phi) is 4.85. The van der Waals surface area contributed by atoms with Crippen LogP contribution in [0.4, 0.5) is 0 Å². The number of nitrogens with two attached hydrogens (primary N) is 1. The molecule has 0 unspecified atom stereocenters. The standard InChI is InChI=1S/C14H19BrN2O2/c1-8(2)12(18)11-9(5-6-10(15)17-11)7-14(3,4)13(16)19/h5-6,8H,7H2,1-4H3,(H2,16,19). The summed E-state index contributed by atoms with van der Waals surface area (Å²) < 4.78 is 0.608. The van der Waals surface area contributed by atoms with Crippen LogP contribution in [0.3, 0.4) is 0 Å². The number of amides is 1. The van der Waals surface area contributed by atoms with E-state index in [2.05, 4.69) is 20.9 Å². The molecule has 0 aliphatic heterocycles. The lowest BCUT2D eigenvalue weighted by Crippen LogP contribution is -2.34. The maximum absolute atomic E-state index is 12.2. The van der Waals surface area contributed by atoms with Gasteiger partial charge < -0.3 is 5.73 Å². The molecule has 0 saturated carbocycles. The Labute approximate surface area is 121 Å². The lowest BCUT2D eigenvalue weighted by atomic mass is 9.83. The second-order valence-corrected chi connectivity index (χ2v) is 6.40. The molecule has 0 aliphatic rings. The number of pyridine rings is 1. The van der Waals surface area contributed by atoms with E-state index in [-0.39, 0.29) is 11.7 Å². The van der Waals surface area contributed by atoms with Crippen LogP contribution in [0.5, 0.6) is 0 Å². The van der Waals surface area contributed by atoms with Gasteiger partial charge in [0.15, 0.2) is 5.78 Å². The third-order valence-corrected chi connectivity index (χ3v) is 3.44. The fraction of sp³-hybridized carbons (Fsp3) is 0.500. The van der Waals surface area contributed by atoms with Gasteiger partial charge in [-0.1, -0.05) is 33.8 Å². The molecule has 0 atom stereocenters. The Bertz CT molecular complexity index is 510. The molecule has 1 amide bonds. The zero-order chi connectivity index (χ0) is 14.8. The number of Topliss-reactive ketones (excluding diaryl/α,β-unsaturated/α-hetero) is 1. The van der Waals surface area contributed by atoms with Gasteiger partial charge in [-0.2, -0.15) is 0 Å². The van der Waals surface area contributed by atoms with Crippen molar-refractivity contribution in [3.63, 3.8) is 0 Å². The summed E-state index contributed by atoms with van der Waals surface area (Å²) >= 11 is 3.27. The second-order valence-electron chi connectivity index (χ2n) is 5.59. The predicted molar refractivity (Wildman–Crippen MR) is 77.8 cm³/mol. The molecule has 5 heteroatoms. The van der Waals surface area contributed by atoms with Crippen LogP contribution < -0.4 is 5.73 Å². The summed E-state index contributed by atoms with van der Waals surface area (Å²) in [5.41, 5.74) is 5.84. The Balaban J connectivity index is 3.21. The Hall–Kier alpha value is -1.23. The number of nitrogens with zero attached hydrogens (tertiary/aromatic N) is 1. The van der Waals surface area contributed by atoms with Crippen molar-refractivity contribution in [2.75, 3.05) is 0 Å². The molecule has 19 heavy (non-hydrogen) atoms. The van der Waals surface area contributed by atoms with Crippen molar-refractivity contribution in [1.82, 2.24) is 4.98 Å². The van der Waals surface area contributed by atoms with Gasteiger partial charge >= 0.3 is 0 Å². The van der Waals surface area contributed by atoms with Crippen LogP contribution in [0.15, 0.2) is 16.7 Å². The minimum Gasteiger partial charge on any atom is -0.369 e. The fourth-order valence-corrected chi connectivity index (χ4v) is 1.97. The first-order chi connectivity index (χ1) is 8.65. The lowest BCUT2D eigenvalue weighted by molar-refractivity contribution is -0.125. The van der Waals surface area contributed by atoms with Crippen LogP contribution in [0.2, 0.25) is 0 Å². The largest absolute Gasteiger partial charge is 0.369 e. The normalized spacial score (nSPS) is 11.7. The molecular weight excluding hydrogens is 308 g/mol. The Morgan fingerprint density at radius 1 is 1.37 bits per heavy atom. The quantitative estimate of drug-likeness (QED) is 0.667. The number of hydrogen-bond donors (Lipinski definition) is 1. The van der Waals surface area contributed by atoms with Crippen molar-refractivity contribution in [1.29, 1.82) is 0 Å². The summed E-state index contributed by atoms with van der Waals surface area (Å²) in [6, 6.07) is 3.58. The molecule has 1 rings (SSSR count). The molecule has 0 radical (unpaired) electrons. The summed E-state index contributed by atoms with van der Waals surface area (Å²) in [4.78, 5) is 27.8. The molecule has 0 bridgehead atoms. The first-order valence-electron chi connectivity index (χ1n) is 6.14. The third kappa shape index (κ3) is 3.86. The fourth-order valence-electron chi connectivity index (χ4n) is 1.66. The van der Waals surface area contributed by atoms with Gasteiger partial charge in [0.2, 0.25) is 5.91 Å². The van der Waals surface area contributed by atoms with E-state index in [1.54, 1.807) is 19.9 Å². The van der Waals surface area contributed by atoms with Gasteiger partial charge in [-0.3, -0.25) is 9.59 Å². The van der Waals surface area contributed by atoms with E-state index in [1.165, 1.54) is 0 Å². The zero-order valence-electron chi connectivity index (χ0n) is 11.7. The summed E-state index contributed by atoms with van der Waals surface area (Å²) in [6.45, 7) is 7.18. The molecule has 0 aromatic carbocycles. The van der Waals surface area contributed by atoms with E-state index in [0.29, 0.717) is 16.7 Å². The smallest absolute Gasteiger partial charge is 0.223 e. The second kappa shape index (κ2) is 5.82. The molecule has 0 fully saturated rings. The van der Waals surface area contributed by atoms with Crippen molar-refractivity contribution in [2.24, 2.45) is 17.1 Å². The SMILES string of the molecule is CC(C)C(=O)c1nc(Br)ccc1CC(C)(C)C(N)=O. The van der Waals surface area contributed by atoms with E-state index in [4.69, 9.17) is 5.73 Å². The maximum Gasteiger partial charge on any atom is 0.223 e. The number of carbonyl (C=O) groups is 2. The number of rotatable bonds is 5. The zero-order valence-corrected chi connectivity index (χ0v) is 13.2. The first-order valence-corrected chi connectivity index (χ1v) is 6.94. The van der Waals surface area contributed by atoms with Crippen LogP contribution in [-0.4, -0.2) is 16.7 Å². The number of carbonyl (C=O) groups excluding carboxylic acids is 2. The Morgan fingerprint density at radius 3 is 2.42 bits per heavy atom. The highest BCUT2D eigenvalue weighted by Gasteiger charge is 2.28. The number of hydrogen-bond acceptors (Lipinski definition) is 3. The van der Waals surface area contributed by atoms with E-state index in [1.807, 2.05) is 19.9 Å². The first kappa shape index (κ1) is 15.8. The van der Waals surface area contributed by atoms with Crippen LogP contribution in [0.1, 0.15) is 43.7 Å². The molecule has 104 valence electrons. The highest BCUT2D eigenvalue weighted by Crippen LogP contribution is 2.25. The van der Waals surface area contributed by atoms with Crippen molar-refractivity contribution in [3.05, 3.63) is 28.0 Å². The molecule has 4 nitrogen and oxygen atoms in total. The van der Waals surface area contributed by atoms with Crippen molar-refractivity contribution < 1.29 is 9.59 Å². The van der Waals surface area contributed by atoms with Crippen LogP contribution >= 0.6 is 15.9 Å². The van der Waals surface area contributed by atoms with E-state index < -0.39 is 11.3 Å². The average Bonchev–Trinajstić information content (AvgIpc) is 2.30. The van der Waals surface area contributed by atoms with Gasteiger partial charge in [0, 0.05) is 11.3 Å². The third-order valence-electron chi connectivity index (χ3n) is 3.00. The molecule has 0 spiro atoms. The Morgan fingerprint density at radius 2 is 1.95 bits per heavy atom. The van der Waals surface area contributed by atoms with Crippen LogP contribution in [0, 0.1) is 11.3 Å². The van der Waals surface area contributed by atoms with Gasteiger partial charge in [-0.15, -0.1) is 0 Å². The van der Waals surface area contributed by atoms with Gasteiger partial charge in [0.25, 0.3) is 0 Å². The van der Waals surface area contributed by atoms with E-state index in [0.717, 1.165) is 5.56 Å². The van der Waals surface area contributed by atoms with Gasteiger partial charge in [-0.05, 0) is 34.0 Å². The molecule has 0 saturated heterocycles. The molecule has 0 aliphatic carbocycles. The molecule has 1 aromatic heterocycles. The lowest BCUT2D eigenvalue weighted by Gasteiger charge is -2.21. The maximum atomic E-state index is 12.2. The summed E-state index contributed by atoms with van der Waals surface area (Å²) in [5.74, 6) is -0.563. The summed E-state index contributed by atoms with van der Waals surface area (Å²) in [6.07, 6.45) is 0.399. The number of aromatic nitrogens is 1. The monoisotopic (exact) mass is 326 g/mol. The number of primary amides is 1. The van der Waals surface area contributed by atoms with Crippen molar-refractivity contribution in [2.45, 2.75) is 34.1 Å². The number of halogens is 1. The van der Waals surface area contributed by atoms with Crippen molar-refractivity contribution >= 4 is 27.6 Å². The molecule has 2 N–H and O–H groups in total. The van der Waals surface area contributed by atoms with Gasteiger partial charge in [0.05, 0.1) is 0 Å². The summed E-state index contributed by atoms with van der Waals surface area (Å²) in [5, 5.41) is 0. The van der Waals surface area contributed by atoms with Gasteiger partial charge in [0.1, 0.15) is 10.3 Å². The van der Waals surface area contributed by atoms with Gasteiger partial charge in [-0.25, -0.2) is 4.98 Å². The average molecular weight is 327 g/mol. The van der Waals surface area contributed by atoms with E-state index in [9.17, 15) is 9.59 Å². The minimum absolute atomic E-state index is 0.0310. The predicted octanol–water partition coefficient (Wildman–Crippen LogP) is 2.74. The highest BCUT2D eigenvalue weighted by molar-refractivity contribution is 9.10. The minimum atomic E-state index is -0.707. The molecule has 1 heterocycles. The summed E-state index contributed by atoms with van der Waals surface area (Å²) in [7, 11) is 0. The van der Waals surface area contributed by atoms with Crippen LogP contribution in [-0.2, 0) is 11.2 Å². The topological polar surface area (TPSA) is 73.1 Å². The highest BCUT2D eigenvalue weighted by atomic mass is 79.9. The van der Waals surface area contributed by atoms with Crippen LogP contribution in [0.25, 0.3) is 0 Å².